The highest BCUT2D eigenvalue weighted by atomic mass is 32.2. The third kappa shape index (κ3) is 5.37. The van der Waals surface area contributed by atoms with E-state index in [2.05, 4.69) is 10.3 Å². The summed E-state index contributed by atoms with van der Waals surface area (Å²) in [6.45, 7) is 1.48. The highest BCUT2D eigenvalue weighted by Crippen LogP contribution is 2.30. The molecule has 9 heteroatoms. The number of pyridine rings is 1. The molecule has 1 aromatic heterocycles. The van der Waals surface area contributed by atoms with Gasteiger partial charge in [0.15, 0.2) is 0 Å². The minimum Gasteiger partial charge on any atom is -0.495 e. The van der Waals surface area contributed by atoms with Crippen LogP contribution in [0.3, 0.4) is 0 Å². The van der Waals surface area contributed by atoms with E-state index in [1.54, 1.807) is 43.6 Å². The van der Waals surface area contributed by atoms with E-state index in [1.165, 1.54) is 25.3 Å². The fourth-order valence-corrected chi connectivity index (χ4v) is 4.58. The minimum absolute atomic E-state index is 0.0822. The van der Waals surface area contributed by atoms with Crippen molar-refractivity contribution in [3.8, 4) is 5.75 Å². The molecule has 162 valence electrons. The SMILES string of the molecule is COc1ccc(C)cc1S(=O)(=O)N(CC(=O)NCc1ccncc1)c1ccc(F)cc1. The van der Waals surface area contributed by atoms with Gasteiger partial charge in [-0.2, -0.15) is 0 Å². The highest BCUT2D eigenvalue weighted by molar-refractivity contribution is 7.93. The van der Waals surface area contributed by atoms with E-state index in [0.717, 1.165) is 22.0 Å². The number of ether oxygens (including phenoxy) is 1. The van der Waals surface area contributed by atoms with Crippen LogP contribution in [0.5, 0.6) is 5.75 Å². The van der Waals surface area contributed by atoms with E-state index in [1.807, 2.05) is 0 Å². The van der Waals surface area contributed by atoms with Gasteiger partial charge in [0.1, 0.15) is 23.0 Å². The zero-order valence-corrected chi connectivity index (χ0v) is 17.9. The van der Waals surface area contributed by atoms with E-state index < -0.39 is 28.3 Å². The molecule has 2 aromatic carbocycles. The second-order valence-electron chi connectivity index (χ2n) is 6.77. The number of rotatable bonds is 8. The Kier molecular flexibility index (Phi) is 6.86. The van der Waals surface area contributed by atoms with Crippen molar-refractivity contribution in [3.05, 3.63) is 83.9 Å². The average molecular weight is 444 g/mol. The zero-order valence-electron chi connectivity index (χ0n) is 17.1. The predicted molar refractivity (Wildman–Crippen MR) is 115 cm³/mol. The molecule has 0 radical (unpaired) electrons. The van der Waals surface area contributed by atoms with Gasteiger partial charge in [-0.3, -0.25) is 14.1 Å². The van der Waals surface area contributed by atoms with E-state index in [9.17, 15) is 17.6 Å². The maximum Gasteiger partial charge on any atom is 0.268 e. The Labute approximate surface area is 180 Å². The number of amides is 1. The van der Waals surface area contributed by atoms with Gasteiger partial charge in [-0.05, 0) is 66.6 Å². The molecule has 31 heavy (non-hydrogen) atoms. The molecule has 0 saturated heterocycles. The predicted octanol–water partition coefficient (Wildman–Crippen LogP) is 3.05. The number of carbonyl (C=O) groups is 1. The van der Waals surface area contributed by atoms with Gasteiger partial charge in [-0.1, -0.05) is 6.07 Å². The quantitative estimate of drug-likeness (QED) is 0.578. The third-order valence-corrected chi connectivity index (χ3v) is 6.32. The second kappa shape index (κ2) is 9.57. The van der Waals surface area contributed by atoms with Gasteiger partial charge in [0.25, 0.3) is 10.0 Å². The Morgan fingerprint density at radius 3 is 2.42 bits per heavy atom. The number of aromatic nitrogens is 1. The molecule has 0 aliphatic rings. The number of anilines is 1. The molecule has 7 nitrogen and oxygen atoms in total. The lowest BCUT2D eigenvalue weighted by Gasteiger charge is -2.25. The number of sulfonamides is 1. The molecule has 0 aliphatic heterocycles. The van der Waals surface area contributed by atoms with Crippen LogP contribution < -0.4 is 14.4 Å². The van der Waals surface area contributed by atoms with Crippen LogP contribution in [0.25, 0.3) is 0 Å². The number of halogens is 1. The summed E-state index contributed by atoms with van der Waals surface area (Å²) in [5.41, 5.74) is 1.68. The molecule has 0 bridgehead atoms. The lowest BCUT2D eigenvalue weighted by Crippen LogP contribution is -2.40. The summed E-state index contributed by atoms with van der Waals surface area (Å²) < 4.78 is 46.7. The number of hydrogen-bond acceptors (Lipinski definition) is 5. The first-order valence-corrected chi connectivity index (χ1v) is 10.8. The molecular formula is C22H22FN3O4S. The third-order valence-electron chi connectivity index (χ3n) is 4.53. The molecule has 0 aliphatic carbocycles. The molecular weight excluding hydrogens is 421 g/mol. The first kappa shape index (κ1) is 22.2. The summed E-state index contributed by atoms with van der Waals surface area (Å²) in [4.78, 5) is 16.5. The number of nitrogens with zero attached hydrogens (tertiary/aromatic N) is 2. The Morgan fingerprint density at radius 2 is 1.77 bits per heavy atom. The van der Waals surface area contributed by atoms with Crippen LogP contribution in [0.1, 0.15) is 11.1 Å². The smallest absolute Gasteiger partial charge is 0.268 e. The summed E-state index contributed by atoms with van der Waals surface area (Å²) in [6, 6.07) is 13.1. The monoisotopic (exact) mass is 443 g/mol. The first-order chi connectivity index (χ1) is 14.8. The van der Waals surface area contributed by atoms with Crippen molar-refractivity contribution < 1.29 is 22.3 Å². The molecule has 1 amide bonds. The molecule has 0 spiro atoms. The minimum atomic E-state index is -4.20. The lowest BCUT2D eigenvalue weighted by molar-refractivity contribution is -0.119. The van der Waals surface area contributed by atoms with Crippen LogP contribution in [0, 0.1) is 12.7 Å². The van der Waals surface area contributed by atoms with Crippen molar-refractivity contribution in [1.29, 1.82) is 0 Å². The van der Waals surface area contributed by atoms with Gasteiger partial charge in [0.05, 0.1) is 12.8 Å². The van der Waals surface area contributed by atoms with Crippen molar-refractivity contribution in [2.45, 2.75) is 18.4 Å². The molecule has 3 rings (SSSR count). The molecule has 0 fully saturated rings. The summed E-state index contributed by atoms with van der Waals surface area (Å²) in [6.07, 6.45) is 3.20. The van der Waals surface area contributed by atoms with E-state index in [0.29, 0.717) is 5.56 Å². The fourth-order valence-electron chi connectivity index (χ4n) is 2.91. The number of carbonyl (C=O) groups excluding carboxylic acids is 1. The van der Waals surface area contributed by atoms with E-state index >= 15 is 0 Å². The number of methoxy groups -OCH3 is 1. The summed E-state index contributed by atoms with van der Waals surface area (Å²) in [5.74, 6) is -0.886. The van der Waals surface area contributed by atoms with Gasteiger partial charge in [0, 0.05) is 18.9 Å². The van der Waals surface area contributed by atoms with Gasteiger partial charge in [0.2, 0.25) is 5.91 Å². The Bertz CT molecular complexity index is 1150. The molecule has 1 N–H and O–H groups in total. The topological polar surface area (TPSA) is 88.6 Å². The normalized spacial score (nSPS) is 11.1. The van der Waals surface area contributed by atoms with Crippen LogP contribution >= 0.6 is 0 Å². The number of aryl methyl sites for hydroxylation is 1. The number of hydrogen-bond donors (Lipinski definition) is 1. The van der Waals surface area contributed by atoms with Gasteiger partial charge in [-0.15, -0.1) is 0 Å². The van der Waals surface area contributed by atoms with Crippen molar-refractivity contribution in [2.24, 2.45) is 0 Å². The molecule has 0 atom stereocenters. The van der Waals surface area contributed by atoms with E-state index in [-0.39, 0.29) is 22.9 Å². The van der Waals surface area contributed by atoms with Crippen LogP contribution in [-0.2, 0) is 21.4 Å². The summed E-state index contributed by atoms with van der Waals surface area (Å²) in [7, 11) is -2.83. The molecule has 0 unspecified atom stereocenters. The molecule has 0 saturated carbocycles. The highest BCUT2D eigenvalue weighted by Gasteiger charge is 2.30. The summed E-state index contributed by atoms with van der Waals surface area (Å²) in [5, 5.41) is 2.70. The van der Waals surface area contributed by atoms with Crippen LogP contribution in [0.15, 0.2) is 71.9 Å². The van der Waals surface area contributed by atoms with Gasteiger partial charge in [-0.25, -0.2) is 12.8 Å². The second-order valence-corrected chi connectivity index (χ2v) is 8.61. The first-order valence-electron chi connectivity index (χ1n) is 9.40. The Balaban J connectivity index is 1.94. The van der Waals surface area contributed by atoms with Crippen LogP contribution in [0.2, 0.25) is 0 Å². The van der Waals surface area contributed by atoms with Crippen LogP contribution in [0.4, 0.5) is 10.1 Å². The molecule has 3 aromatic rings. The van der Waals surface area contributed by atoms with Crippen LogP contribution in [-0.4, -0.2) is 33.0 Å². The Hall–Kier alpha value is -3.46. The lowest BCUT2D eigenvalue weighted by atomic mass is 10.2. The van der Waals surface area contributed by atoms with Gasteiger partial charge < -0.3 is 10.1 Å². The van der Waals surface area contributed by atoms with Gasteiger partial charge >= 0.3 is 0 Å². The largest absolute Gasteiger partial charge is 0.495 e. The maximum atomic E-state index is 13.5. The maximum absolute atomic E-state index is 13.5. The number of benzene rings is 2. The van der Waals surface area contributed by atoms with Crippen molar-refractivity contribution >= 4 is 21.6 Å². The Morgan fingerprint density at radius 1 is 1.10 bits per heavy atom. The molecule has 1 heterocycles. The van der Waals surface area contributed by atoms with E-state index in [4.69, 9.17) is 4.74 Å². The zero-order chi connectivity index (χ0) is 22.4. The summed E-state index contributed by atoms with van der Waals surface area (Å²) >= 11 is 0. The standard InChI is InChI=1S/C22H22FN3O4S/c1-16-3-8-20(30-2)21(13-16)31(28,29)26(19-6-4-18(23)5-7-19)15-22(27)25-14-17-9-11-24-12-10-17/h3-13H,14-15H2,1-2H3,(H,25,27). The van der Waals surface area contributed by atoms with Crippen molar-refractivity contribution in [3.63, 3.8) is 0 Å². The fraction of sp³-hybridized carbons (Fsp3) is 0.182. The van der Waals surface area contributed by atoms with Crippen molar-refractivity contribution in [1.82, 2.24) is 10.3 Å². The number of nitrogens with one attached hydrogen (secondary N) is 1. The van der Waals surface area contributed by atoms with Crippen molar-refractivity contribution in [2.75, 3.05) is 18.0 Å². The average Bonchev–Trinajstić information content (AvgIpc) is 2.77.